The second kappa shape index (κ2) is 9.96. The minimum atomic E-state index is -3.02. The summed E-state index contributed by atoms with van der Waals surface area (Å²) in [5.41, 5.74) is 3.57. The summed E-state index contributed by atoms with van der Waals surface area (Å²) in [5, 5.41) is 21.9. The number of nitrogens with one attached hydrogen (secondary N) is 1. The van der Waals surface area contributed by atoms with Gasteiger partial charge in [0.15, 0.2) is 11.5 Å². The lowest BCUT2D eigenvalue weighted by Gasteiger charge is -2.16. The lowest BCUT2D eigenvalue weighted by atomic mass is 9.96. The van der Waals surface area contributed by atoms with Crippen LogP contribution >= 0.6 is 0 Å². The van der Waals surface area contributed by atoms with Gasteiger partial charge in [-0.25, -0.2) is 13.8 Å². The van der Waals surface area contributed by atoms with Gasteiger partial charge in [-0.1, -0.05) is 19.1 Å². The summed E-state index contributed by atoms with van der Waals surface area (Å²) < 4.78 is 34.5. The van der Waals surface area contributed by atoms with Crippen LogP contribution in [0.2, 0.25) is 0 Å². The summed E-state index contributed by atoms with van der Waals surface area (Å²) in [6.07, 6.45) is 1.23. The monoisotopic (exact) mass is 507 g/mol. The van der Waals surface area contributed by atoms with Crippen LogP contribution in [0.25, 0.3) is 22.6 Å². The maximum Gasteiger partial charge on any atom is 0.277 e. The van der Waals surface area contributed by atoms with Gasteiger partial charge in [0.05, 0.1) is 18.5 Å². The van der Waals surface area contributed by atoms with E-state index in [1.807, 2.05) is 19.9 Å². The number of carbonyl (C=O) groups excluding carboxylic acids is 1. The van der Waals surface area contributed by atoms with Crippen molar-refractivity contribution in [2.24, 2.45) is 0 Å². The van der Waals surface area contributed by atoms with E-state index in [1.165, 1.54) is 31.2 Å². The van der Waals surface area contributed by atoms with Crippen molar-refractivity contribution < 1.29 is 23.5 Å². The van der Waals surface area contributed by atoms with E-state index >= 15 is 0 Å². The molecule has 4 rings (SSSR count). The fraction of sp³-hybridized carbons (Fsp3) is 0.259. The van der Waals surface area contributed by atoms with Crippen molar-refractivity contribution in [3.8, 4) is 28.4 Å². The predicted molar refractivity (Wildman–Crippen MR) is 135 cm³/mol. The van der Waals surface area contributed by atoms with Gasteiger partial charge in [-0.15, -0.1) is 0 Å². The van der Waals surface area contributed by atoms with Crippen molar-refractivity contribution >= 4 is 11.6 Å². The molecular weight excluding hydrogens is 480 g/mol. The molecule has 192 valence electrons. The number of nitrogens with zero attached hydrogens (tertiary/aromatic N) is 4. The zero-order valence-electron chi connectivity index (χ0n) is 21.1. The van der Waals surface area contributed by atoms with Crippen LogP contribution < -0.4 is 10.1 Å². The first-order valence-corrected chi connectivity index (χ1v) is 11.6. The van der Waals surface area contributed by atoms with Crippen molar-refractivity contribution in [2.75, 3.05) is 12.4 Å². The summed E-state index contributed by atoms with van der Waals surface area (Å²) in [6, 6.07) is 10.8. The van der Waals surface area contributed by atoms with Crippen LogP contribution in [0, 0.1) is 20.8 Å². The van der Waals surface area contributed by atoms with Gasteiger partial charge < -0.3 is 15.3 Å². The Balaban J connectivity index is 1.75. The van der Waals surface area contributed by atoms with Crippen LogP contribution in [0.5, 0.6) is 5.75 Å². The zero-order valence-corrected chi connectivity index (χ0v) is 21.1. The van der Waals surface area contributed by atoms with Crippen molar-refractivity contribution in [3.05, 3.63) is 76.7 Å². The van der Waals surface area contributed by atoms with E-state index in [0.29, 0.717) is 32.9 Å². The van der Waals surface area contributed by atoms with Gasteiger partial charge in [-0.05, 0) is 62.2 Å². The summed E-state index contributed by atoms with van der Waals surface area (Å²) in [6.45, 7) is 6.71. The average Bonchev–Trinajstić information content (AvgIpc) is 3.17. The number of hydrogen-bond donors (Lipinski definition) is 2. The molecule has 0 unspecified atom stereocenters. The van der Waals surface area contributed by atoms with Crippen molar-refractivity contribution in [2.45, 2.75) is 40.0 Å². The molecule has 4 aromatic rings. The molecule has 0 bridgehead atoms. The number of aryl methyl sites for hydroxylation is 2. The van der Waals surface area contributed by atoms with E-state index in [1.54, 1.807) is 32.4 Å². The van der Waals surface area contributed by atoms with Gasteiger partial charge in [0.25, 0.3) is 11.8 Å². The van der Waals surface area contributed by atoms with Crippen LogP contribution in [-0.4, -0.2) is 38.1 Å². The van der Waals surface area contributed by atoms with Gasteiger partial charge in [-0.3, -0.25) is 4.79 Å². The molecule has 0 fully saturated rings. The number of hydrogen-bond acceptors (Lipinski definition) is 6. The minimum Gasteiger partial charge on any atom is -0.496 e. The molecule has 1 amide bonds. The van der Waals surface area contributed by atoms with Crippen molar-refractivity contribution in [1.82, 2.24) is 19.9 Å². The third-order valence-corrected chi connectivity index (χ3v) is 6.28. The van der Waals surface area contributed by atoms with E-state index in [-0.39, 0.29) is 34.9 Å². The molecule has 0 aliphatic heterocycles. The van der Waals surface area contributed by atoms with Gasteiger partial charge in [0.2, 0.25) is 0 Å². The second-order valence-electron chi connectivity index (χ2n) is 8.65. The smallest absolute Gasteiger partial charge is 0.277 e. The fourth-order valence-corrected chi connectivity index (χ4v) is 4.21. The molecule has 2 N–H and O–H groups in total. The normalized spacial score (nSPS) is 11.4. The Kier molecular flexibility index (Phi) is 6.93. The largest absolute Gasteiger partial charge is 0.496 e. The Morgan fingerprint density at radius 2 is 1.92 bits per heavy atom. The zero-order chi connectivity index (χ0) is 26.9. The number of aromatic nitrogens is 4. The number of imidazole rings is 1. The number of anilines is 1. The molecule has 2 aromatic heterocycles. The highest BCUT2D eigenvalue weighted by molar-refractivity contribution is 6.04. The molecule has 0 aliphatic carbocycles. The number of ether oxygens (including phenoxy) is 1. The quantitative estimate of drug-likeness (QED) is 0.301. The maximum atomic E-state index is 14.1. The van der Waals surface area contributed by atoms with Crippen LogP contribution in [-0.2, 0) is 5.92 Å². The third-order valence-electron chi connectivity index (χ3n) is 6.28. The van der Waals surface area contributed by atoms with E-state index in [9.17, 15) is 18.8 Å². The van der Waals surface area contributed by atoms with Crippen LogP contribution in [0.15, 0.2) is 48.7 Å². The van der Waals surface area contributed by atoms with Crippen LogP contribution in [0.3, 0.4) is 0 Å². The second-order valence-corrected chi connectivity index (χ2v) is 8.65. The molecule has 10 heteroatoms. The highest BCUT2D eigenvalue weighted by Gasteiger charge is 2.30. The molecule has 0 aliphatic rings. The van der Waals surface area contributed by atoms with Gasteiger partial charge in [0.1, 0.15) is 5.75 Å². The van der Waals surface area contributed by atoms with Gasteiger partial charge >= 0.3 is 0 Å². The molecule has 0 saturated heterocycles. The van der Waals surface area contributed by atoms with Crippen LogP contribution in [0.1, 0.15) is 46.2 Å². The van der Waals surface area contributed by atoms with E-state index in [4.69, 9.17) is 4.74 Å². The first kappa shape index (κ1) is 25.7. The average molecular weight is 508 g/mol. The number of alkyl halides is 2. The Labute approximate surface area is 212 Å². The summed E-state index contributed by atoms with van der Waals surface area (Å²) in [4.78, 5) is 17.5. The van der Waals surface area contributed by atoms with Gasteiger partial charge in [0, 0.05) is 35.0 Å². The predicted octanol–water partition coefficient (Wildman–Crippen LogP) is 5.93. The van der Waals surface area contributed by atoms with Crippen molar-refractivity contribution in [3.63, 3.8) is 0 Å². The van der Waals surface area contributed by atoms with E-state index in [0.717, 1.165) is 5.56 Å². The number of methoxy groups -OCH3 is 1. The molecule has 2 aromatic carbocycles. The number of carbonyl (C=O) groups is 1. The molecule has 0 spiro atoms. The molecule has 37 heavy (non-hydrogen) atoms. The lowest BCUT2D eigenvalue weighted by Crippen LogP contribution is -2.18. The lowest BCUT2D eigenvalue weighted by molar-refractivity contribution is -0.00824. The Morgan fingerprint density at radius 1 is 1.16 bits per heavy atom. The molecule has 8 nitrogen and oxygen atoms in total. The van der Waals surface area contributed by atoms with Crippen molar-refractivity contribution in [1.29, 1.82) is 0 Å². The summed E-state index contributed by atoms with van der Waals surface area (Å²) in [5.74, 6) is -3.00. The Morgan fingerprint density at radius 3 is 2.59 bits per heavy atom. The topological polar surface area (TPSA) is 102 Å². The molecule has 0 atom stereocenters. The molecule has 0 saturated carbocycles. The van der Waals surface area contributed by atoms with Crippen LogP contribution in [0.4, 0.5) is 14.5 Å². The first-order chi connectivity index (χ1) is 17.6. The van der Waals surface area contributed by atoms with E-state index < -0.39 is 11.8 Å². The third kappa shape index (κ3) is 4.74. The highest BCUT2D eigenvalue weighted by Crippen LogP contribution is 2.39. The maximum absolute atomic E-state index is 14.1. The SMILES string of the molecule is CCC(F)(F)c1cccc(NC(=O)c2c(C)nc(-c3ccc(OC)c(-c4nnccc4C)c3C)n2O)c1. The molecular formula is C27H27F2N5O3. The minimum absolute atomic E-state index is 0.116. The van der Waals surface area contributed by atoms with Gasteiger partial charge in [-0.2, -0.15) is 14.9 Å². The molecule has 0 radical (unpaired) electrons. The molecule has 2 heterocycles. The number of benzene rings is 2. The first-order valence-electron chi connectivity index (χ1n) is 11.6. The standard InChI is InChI=1S/C27H27F2N5O3/c1-6-27(28,29)18-8-7-9-19(14-18)32-26(35)24-17(4)31-25(34(24)36)20-10-11-21(37-5)22(16(20)3)23-15(2)12-13-30-33-23/h7-14,36H,6H2,1-5H3,(H,32,35). The Hall–Kier alpha value is -4.34. The summed E-state index contributed by atoms with van der Waals surface area (Å²) in [7, 11) is 1.55. The summed E-state index contributed by atoms with van der Waals surface area (Å²) >= 11 is 0. The highest BCUT2D eigenvalue weighted by atomic mass is 19.3. The van der Waals surface area contributed by atoms with E-state index in [2.05, 4.69) is 20.5 Å². The number of halogens is 2. The Bertz CT molecular complexity index is 1480. The fourth-order valence-electron chi connectivity index (χ4n) is 4.21. The number of amides is 1. The number of rotatable bonds is 7.